The lowest BCUT2D eigenvalue weighted by atomic mass is 9.96. The first-order valence-corrected chi connectivity index (χ1v) is 6.98. The Morgan fingerprint density at radius 1 is 1.29 bits per heavy atom. The minimum atomic E-state index is -0.361. The third kappa shape index (κ3) is 2.60. The maximum absolute atomic E-state index is 11.4. The number of methoxy groups -OCH3 is 1. The second kappa shape index (κ2) is 5.39. The normalized spacial score (nSPS) is 14.5. The van der Waals surface area contributed by atoms with Gasteiger partial charge in [-0.1, -0.05) is 23.7 Å². The number of hydrogen-bond donors (Lipinski definition) is 2. The summed E-state index contributed by atoms with van der Waals surface area (Å²) in [5.74, 6) is 0.706. The molecule has 21 heavy (non-hydrogen) atoms. The van der Waals surface area contributed by atoms with Crippen LogP contribution in [0.2, 0.25) is 5.02 Å². The van der Waals surface area contributed by atoms with Gasteiger partial charge >= 0.3 is 0 Å². The summed E-state index contributed by atoms with van der Waals surface area (Å²) >= 11 is 6.05. The Labute approximate surface area is 127 Å². The molecule has 1 aliphatic heterocycles. The Morgan fingerprint density at radius 3 is 2.86 bits per heavy atom. The van der Waals surface area contributed by atoms with Crippen LogP contribution in [0.5, 0.6) is 5.75 Å². The van der Waals surface area contributed by atoms with E-state index in [-0.39, 0.29) is 11.9 Å². The van der Waals surface area contributed by atoms with Crippen molar-refractivity contribution in [3.63, 3.8) is 0 Å². The highest BCUT2D eigenvalue weighted by atomic mass is 35.5. The van der Waals surface area contributed by atoms with Crippen LogP contribution in [0.15, 0.2) is 36.4 Å². The van der Waals surface area contributed by atoms with E-state index in [9.17, 15) is 4.79 Å². The van der Waals surface area contributed by atoms with E-state index < -0.39 is 0 Å². The number of ether oxygens (including phenoxy) is 1. The van der Waals surface area contributed by atoms with Gasteiger partial charge < -0.3 is 15.8 Å². The third-order valence-corrected chi connectivity index (χ3v) is 3.88. The van der Waals surface area contributed by atoms with Crippen LogP contribution in [-0.4, -0.2) is 13.0 Å². The summed E-state index contributed by atoms with van der Waals surface area (Å²) < 4.78 is 5.35. The minimum absolute atomic E-state index is 0.0102. The van der Waals surface area contributed by atoms with Crippen molar-refractivity contribution in [3.05, 3.63) is 58.1 Å². The van der Waals surface area contributed by atoms with Crippen molar-refractivity contribution in [3.8, 4) is 5.75 Å². The molecule has 0 bridgehead atoms. The number of anilines is 1. The van der Waals surface area contributed by atoms with Crippen molar-refractivity contribution in [2.24, 2.45) is 5.73 Å². The summed E-state index contributed by atoms with van der Waals surface area (Å²) in [6.45, 7) is 0. The molecule has 1 atom stereocenters. The summed E-state index contributed by atoms with van der Waals surface area (Å²) in [4.78, 5) is 11.4. The fourth-order valence-electron chi connectivity index (χ4n) is 2.57. The molecule has 2 aromatic rings. The first-order chi connectivity index (χ1) is 10.1. The average Bonchev–Trinajstić information content (AvgIpc) is 2.85. The lowest BCUT2D eigenvalue weighted by Crippen LogP contribution is -2.13. The van der Waals surface area contributed by atoms with Crippen molar-refractivity contribution in [2.45, 2.75) is 12.5 Å². The monoisotopic (exact) mass is 302 g/mol. The zero-order valence-corrected chi connectivity index (χ0v) is 12.3. The molecule has 0 aromatic heterocycles. The van der Waals surface area contributed by atoms with Gasteiger partial charge in [-0.25, -0.2) is 0 Å². The molecule has 0 radical (unpaired) electrons. The molecule has 108 valence electrons. The number of nitrogens with one attached hydrogen (secondary N) is 1. The number of rotatable bonds is 3. The highest BCUT2D eigenvalue weighted by Crippen LogP contribution is 2.33. The first-order valence-electron chi connectivity index (χ1n) is 6.60. The molecule has 1 amide bonds. The van der Waals surface area contributed by atoms with Gasteiger partial charge in [-0.05, 0) is 35.4 Å². The Morgan fingerprint density at radius 2 is 2.10 bits per heavy atom. The Hall–Kier alpha value is -2.04. The van der Waals surface area contributed by atoms with Crippen LogP contribution in [0.25, 0.3) is 0 Å². The fraction of sp³-hybridized carbons (Fsp3) is 0.188. The van der Waals surface area contributed by atoms with Crippen LogP contribution < -0.4 is 15.8 Å². The molecule has 0 aliphatic carbocycles. The summed E-state index contributed by atoms with van der Waals surface area (Å²) in [6, 6.07) is 10.8. The lowest BCUT2D eigenvalue weighted by molar-refractivity contribution is -0.115. The second-order valence-electron chi connectivity index (χ2n) is 5.01. The van der Waals surface area contributed by atoms with Crippen molar-refractivity contribution in [1.82, 2.24) is 0 Å². The van der Waals surface area contributed by atoms with Crippen LogP contribution in [-0.2, 0) is 11.2 Å². The predicted octanol–water partition coefficient (Wildman–Crippen LogP) is 2.89. The van der Waals surface area contributed by atoms with Gasteiger partial charge in [0.1, 0.15) is 5.75 Å². The zero-order chi connectivity index (χ0) is 15.0. The molecule has 0 spiro atoms. The van der Waals surface area contributed by atoms with Gasteiger partial charge in [-0.3, -0.25) is 4.79 Å². The van der Waals surface area contributed by atoms with Gasteiger partial charge in [-0.2, -0.15) is 0 Å². The minimum Gasteiger partial charge on any atom is -0.496 e. The van der Waals surface area contributed by atoms with Gasteiger partial charge in [0.2, 0.25) is 5.91 Å². The smallest absolute Gasteiger partial charge is 0.228 e. The number of carbonyl (C=O) groups is 1. The lowest BCUT2D eigenvalue weighted by Gasteiger charge is -2.17. The third-order valence-electron chi connectivity index (χ3n) is 3.64. The molecule has 5 heteroatoms. The van der Waals surface area contributed by atoms with E-state index in [4.69, 9.17) is 22.1 Å². The van der Waals surface area contributed by atoms with E-state index in [0.29, 0.717) is 17.2 Å². The van der Waals surface area contributed by atoms with Crippen LogP contribution in [0.1, 0.15) is 22.7 Å². The Kier molecular flexibility index (Phi) is 3.57. The first kappa shape index (κ1) is 13.9. The summed E-state index contributed by atoms with van der Waals surface area (Å²) in [5, 5.41) is 3.42. The number of amides is 1. The number of hydrogen-bond acceptors (Lipinski definition) is 3. The molecule has 0 saturated carbocycles. The summed E-state index contributed by atoms with van der Waals surface area (Å²) in [6.07, 6.45) is 0.391. The van der Waals surface area contributed by atoms with Crippen LogP contribution >= 0.6 is 11.6 Å². The van der Waals surface area contributed by atoms with Crippen molar-refractivity contribution < 1.29 is 9.53 Å². The maximum Gasteiger partial charge on any atom is 0.228 e. The van der Waals surface area contributed by atoms with E-state index in [2.05, 4.69) is 5.32 Å². The SMILES string of the molecule is COc1ccc(Cl)cc1C(N)c1ccc2c(c1)CC(=O)N2. The second-order valence-corrected chi connectivity index (χ2v) is 5.44. The molecule has 0 fully saturated rings. The van der Waals surface area contributed by atoms with E-state index in [1.165, 1.54) is 0 Å². The number of nitrogens with two attached hydrogens (primary N) is 1. The van der Waals surface area contributed by atoms with E-state index >= 15 is 0 Å². The van der Waals surface area contributed by atoms with Crippen LogP contribution in [0.4, 0.5) is 5.69 Å². The highest BCUT2D eigenvalue weighted by Gasteiger charge is 2.21. The predicted molar refractivity (Wildman–Crippen MR) is 82.8 cm³/mol. The number of carbonyl (C=O) groups excluding carboxylic acids is 1. The van der Waals surface area contributed by atoms with Crippen LogP contribution in [0, 0.1) is 0 Å². The van der Waals surface area contributed by atoms with Crippen molar-refractivity contribution in [1.29, 1.82) is 0 Å². The molecule has 1 aliphatic rings. The fourth-order valence-corrected chi connectivity index (χ4v) is 2.75. The molecular formula is C16H15ClN2O2. The van der Waals surface area contributed by atoms with E-state index in [0.717, 1.165) is 22.4 Å². The molecule has 4 nitrogen and oxygen atoms in total. The summed E-state index contributed by atoms with van der Waals surface area (Å²) in [7, 11) is 1.60. The number of halogens is 1. The molecule has 2 aromatic carbocycles. The van der Waals surface area contributed by atoms with E-state index in [1.807, 2.05) is 24.3 Å². The van der Waals surface area contributed by atoms with Gasteiger partial charge in [-0.15, -0.1) is 0 Å². The number of benzene rings is 2. The Balaban J connectivity index is 1.99. The van der Waals surface area contributed by atoms with E-state index in [1.54, 1.807) is 19.2 Å². The standard InChI is InChI=1S/C16H15ClN2O2/c1-21-14-5-3-11(17)8-12(14)16(18)9-2-4-13-10(6-9)7-15(20)19-13/h2-6,8,16H,7,18H2,1H3,(H,19,20). The van der Waals surface area contributed by atoms with Gasteiger partial charge in [0.05, 0.1) is 19.6 Å². The molecular weight excluding hydrogens is 288 g/mol. The molecule has 3 rings (SSSR count). The van der Waals surface area contributed by atoms with Gasteiger partial charge in [0.25, 0.3) is 0 Å². The largest absolute Gasteiger partial charge is 0.496 e. The molecule has 0 saturated heterocycles. The van der Waals surface area contributed by atoms with Crippen LogP contribution in [0.3, 0.4) is 0 Å². The summed E-state index contributed by atoms with van der Waals surface area (Å²) in [5.41, 5.74) is 9.91. The quantitative estimate of drug-likeness (QED) is 0.916. The topological polar surface area (TPSA) is 64.3 Å². The molecule has 1 unspecified atom stereocenters. The molecule has 1 heterocycles. The highest BCUT2D eigenvalue weighted by molar-refractivity contribution is 6.30. The maximum atomic E-state index is 11.4. The molecule has 3 N–H and O–H groups in total. The Bertz CT molecular complexity index is 715. The van der Waals surface area contributed by atoms with Crippen molar-refractivity contribution in [2.75, 3.05) is 12.4 Å². The average molecular weight is 303 g/mol. The van der Waals surface area contributed by atoms with Crippen molar-refractivity contribution >= 4 is 23.2 Å². The van der Waals surface area contributed by atoms with Gasteiger partial charge in [0.15, 0.2) is 0 Å². The zero-order valence-electron chi connectivity index (χ0n) is 11.5. The number of fused-ring (bicyclic) bond motifs is 1. The van der Waals surface area contributed by atoms with Gasteiger partial charge in [0, 0.05) is 16.3 Å².